The largest absolute Gasteiger partial charge is 0.454 e. The van der Waals surface area contributed by atoms with Gasteiger partial charge in [0.05, 0.1) is 11.4 Å². The Bertz CT molecular complexity index is 697. The fourth-order valence-corrected chi connectivity index (χ4v) is 1.85. The zero-order valence-electron chi connectivity index (χ0n) is 12.7. The fourth-order valence-electron chi connectivity index (χ4n) is 1.85. The van der Waals surface area contributed by atoms with Crippen LogP contribution in [0.2, 0.25) is 0 Å². The van der Waals surface area contributed by atoms with Crippen LogP contribution in [0.5, 0.6) is 0 Å². The van der Waals surface area contributed by atoms with Gasteiger partial charge < -0.3 is 14.8 Å². The van der Waals surface area contributed by atoms with E-state index < -0.39 is 18.5 Å². The van der Waals surface area contributed by atoms with Gasteiger partial charge in [-0.05, 0) is 31.2 Å². The number of esters is 1. The van der Waals surface area contributed by atoms with Gasteiger partial charge in [0, 0.05) is 13.2 Å². The molecule has 1 N–H and O–H groups in total. The SMILES string of the molecule is COCC(=O)OCC(=O)Nc1cc(C)nn1-c1ccc(F)cc1. The summed E-state index contributed by atoms with van der Waals surface area (Å²) in [5.41, 5.74) is 1.26. The average Bonchev–Trinajstić information content (AvgIpc) is 2.87. The van der Waals surface area contributed by atoms with E-state index >= 15 is 0 Å². The number of rotatable bonds is 6. The van der Waals surface area contributed by atoms with Gasteiger partial charge in [0.15, 0.2) is 6.61 Å². The Hall–Kier alpha value is -2.74. The van der Waals surface area contributed by atoms with Crippen molar-refractivity contribution in [2.24, 2.45) is 0 Å². The molecule has 0 unspecified atom stereocenters. The number of aryl methyl sites for hydroxylation is 1. The number of benzene rings is 1. The van der Waals surface area contributed by atoms with Gasteiger partial charge in [-0.25, -0.2) is 13.9 Å². The molecule has 0 fully saturated rings. The molecule has 0 aliphatic heterocycles. The first kappa shape index (κ1) is 16.6. The summed E-state index contributed by atoms with van der Waals surface area (Å²) in [6.45, 7) is 1.10. The van der Waals surface area contributed by atoms with Crippen molar-refractivity contribution < 1.29 is 23.5 Å². The van der Waals surface area contributed by atoms with E-state index in [4.69, 9.17) is 4.74 Å². The Morgan fingerprint density at radius 2 is 1.96 bits per heavy atom. The van der Waals surface area contributed by atoms with Crippen molar-refractivity contribution in [3.8, 4) is 5.69 Å². The minimum Gasteiger partial charge on any atom is -0.454 e. The van der Waals surface area contributed by atoms with E-state index in [1.54, 1.807) is 13.0 Å². The molecule has 0 bridgehead atoms. The molecule has 0 saturated carbocycles. The van der Waals surface area contributed by atoms with Gasteiger partial charge in [-0.1, -0.05) is 0 Å². The highest BCUT2D eigenvalue weighted by Gasteiger charge is 2.13. The predicted octanol–water partition coefficient (Wildman–Crippen LogP) is 1.45. The fraction of sp³-hybridized carbons (Fsp3) is 0.267. The van der Waals surface area contributed by atoms with Gasteiger partial charge in [0.25, 0.3) is 5.91 Å². The lowest BCUT2D eigenvalue weighted by molar-refractivity contribution is -0.150. The number of aromatic nitrogens is 2. The normalized spacial score (nSPS) is 10.4. The van der Waals surface area contributed by atoms with E-state index in [0.717, 1.165) is 0 Å². The number of ether oxygens (including phenoxy) is 2. The number of methoxy groups -OCH3 is 1. The van der Waals surface area contributed by atoms with E-state index in [1.165, 1.54) is 36.1 Å². The Morgan fingerprint density at radius 3 is 2.61 bits per heavy atom. The molecule has 0 aliphatic rings. The molecule has 1 amide bonds. The highest BCUT2D eigenvalue weighted by atomic mass is 19.1. The third-order valence-electron chi connectivity index (χ3n) is 2.80. The van der Waals surface area contributed by atoms with Gasteiger partial charge in [-0.3, -0.25) is 4.79 Å². The van der Waals surface area contributed by atoms with E-state index in [-0.39, 0.29) is 12.4 Å². The maximum Gasteiger partial charge on any atom is 0.332 e. The molecule has 0 saturated heterocycles. The summed E-state index contributed by atoms with van der Waals surface area (Å²) in [5, 5.41) is 6.83. The first-order valence-electron chi connectivity index (χ1n) is 6.76. The van der Waals surface area contributed by atoms with Crippen molar-refractivity contribution in [2.75, 3.05) is 25.6 Å². The summed E-state index contributed by atoms with van der Waals surface area (Å²) in [6, 6.07) is 7.32. The average molecular weight is 321 g/mol. The van der Waals surface area contributed by atoms with Crippen LogP contribution < -0.4 is 5.32 Å². The molecule has 122 valence electrons. The molecule has 2 rings (SSSR count). The molecule has 0 atom stereocenters. The van der Waals surface area contributed by atoms with E-state index in [2.05, 4.69) is 15.2 Å². The van der Waals surface area contributed by atoms with Crippen molar-refractivity contribution in [2.45, 2.75) is 6.92 Å². The van der Waals surface area contributed by atoms with E-state index in [9.17, 15) is 14.0 Å². The van der Waals surface area contributed by atoms with Crippen LogP contribution in [0.25, 0.3) is 5.69 Å². The lowest BCUT2D eigenvalue weighted by Gasteiger charge is -2.09. The number of amides is 1. The van der Waals surface area contributed by atoms with Crippen molar-refractivity contribution >= 4 is 17.7 Å². The summed E-state index contributed by atoms with van der Waals surface area (Å²) in [7, 11) is 1.35. The van der Waals surface area contributed by atoms with Crippen LogP contribution in [0.4, 0.5) is 10.2 Å². The lowest BCUT2D eigenvalue weighted by Crippen LogP contribution is -2.23. The molecule has 8 heteroatoms. The molecular weight excluding hydrogens is 305 g/mol. The number of anilines is 1. The number of carbonyl (C=O) groups is 2. The minimum atomic E-state index is -0.633. The zero-order chi connectivity index (χ0) is 16.8. The second-order valence-corrected chi connectivity index (χ2v) is 4.70. The molecule has 23 heavy (non-hydrogen) atoms. The van der Waals surface area contributed by atoms with Gasteiger partial charge in [-0.15, -0.1) is 0 Å². The molecule has 1 heterocycles. The molecule has 2 aromatic rings. The third-order valence-corrected chi connectivity index (χ3v) is 2.80. The van der Waals surface area contributed by atoms with Gasteiger partial charge in [0.2, 0.25) is 0 Å². The van der Waals surface area contributed by atoms with Crippen LogP contribution in [0.3, 0.4) is 0 Å². The summed E-state index contributed by atoms with van der Waals surface area (Å²) < 4.78 is 23.8. The summed E-state index contributed by atoms with van der Waals surface area (Å²) in [6.07, 6.45) is 0. The Balaban J connectivity index is 2.07. The van der Waals surface area contributed by atoms with Gasteiger partial charge in [-0.2, -0.15) is 5.10 Å². The van der Waals surface area contributed by atoms with Crippen LogP contribution in [0.15, 0.2) is 30.3 Å². The number of halogens is 1. The summed E-state index contributed by atoms with van der Waals surface area (Å²) in [4.78, 5) is 23.0. The van der Waals surface area contributed by atoms with Crippen molar-refractivity contribution in [1.29, 1.82) is 0 Å². The standard InChI is InChI=1S/C15H16FN3O4/c1-10-7-13(17-14(20)8-23-15(21)9-22-2)19(18-10)12-5-3-11(16)4-6-12/h3-7H,8-9H2,1-2H3,(H,17,20). The van der Waals surface area contributed by atoms with Crippen LogP contribution >= 0.6 is 0 Å². The Kier molecular flexibility index (Phi) is 5.42. The summed E-state index contributed by atoms with van der Waals surface area (Å²) in [5.74, 6) is -1.13. The number of nitrogens with one attached hydrogen (secondary N) is 1. The van der Waals surface area contributed by atoms with Crippen LogP contribution in [-0.2, 0) is 19.1 Å². The van der Waals surface area contributed by atoms with Crippen LogP contribution in [0.1, 0.15) is 5.69 Å². The second kappa shape index (κ2) is 7.50. The molecule has 0 radical (unpaired) electrons. The predicted molar refractivity (Wildman–Crippen MR) is 79.7 cm³/mol. The number of nitrogens with zero attached hydrogens (tertiary/aromatic N) is 2. The molecule has 1 aromatic carbocycles. The highest BCUT2D eigenvalue weighted by molar-refractivity contribution is 5.92. The number of hydrogen-bond acceptors (Lipinski definition) is 5. The monoisotopic (exact) mass is 321 g/mol. The Morgan fingerprint density at radius 1 is 1.26 bits per heavy atom. The highest BCUT2D eigenvalue weighted by Crippen LogP contribution is 2.17. The maximum atomic E-state index is 13.0. The Labute approximate surface area is 132 Å². The molecule has 0 aliphatic carbocycles. The van der Waals surface area contributed by atoms with Crippen LogP contribution in [0, 0.1) is 12.7 Å². The molecule has 1 aromatic heterocycles. The molecule has 7 nitrogen and oxygen atoms in total. The number of carbonyl (C=O) groups excluding carboxylic acids is 2. The quantitative estimate of drug-likeness (QED) is 0.814. The maximum absolute atomic E-state index is 13.0. The van der Waals surface area contributed by atoms with Crippen molar-refractivity contribution in [1.82, 2.24) is 9.78 Å². The number of hydrogen-bond donors (Lipinski definition) is 1. The van der Waals surface area contributed by atoms with Crippen LogP contribution in [-0.4, -0.2) is 42.0 Å². The first-order valence-corrected chi connectivity index (χ1v) is 6.76. The second-order valence-electron chi connectivity index (χ2n) is 4.70. The molecular formula is C15H16FN3O4. The topological polar surface area (TPSA) is 82.4 Å². The third kappa shape index (κ3) is 4.62. The summed E-state index contributed by atoms with van der Waals surface area (Å²) >= 11 is 0. The van der Waals surface area contributed by atoms with E-state index in [0.29, 0.717) is 17.2 Å². The zero-order valence-corrected chi connectivity index (χ0v) is 12.7. The van der Waals surface area contributed by atoms with Crippen molar-refractivity contribution in [3.05, 3.63) is 41.8 Å². The van der Waals surface area contributed by atoms with Crippen molar-refractivity contribution in [3.63, 3.8) is 0 Å². The lowest BCUT2D eigenvalue weighted by atomic mass is 10.3. The molecule has 0 spiro atoms. The van der Waals surface area contributed by atoms with Gasteiger partial charge in [0.1, 0.15) is 18.2 Å². The first-order chi connectivity index (χ1) is 11.0. The minimum absolute atomic E-state index is 0.222. The smallest absolute Gasteiger partial charge is 0.332 e. The van der Waals surface area contributed by atoms with E-state index in [1.807, 2.05) is 0 Å². The van der Waals surface area contributed by atoms with Gasteiger partial charge >= 0.3 is 5.97 Å².